The summed E-state index contributed by atoms with van der Waals surface area (Å²) in [7, 11) is 0. The Morgan fingerprint density at radius 3 is 2.50 bits per heavy atom. The molecule has 0 amide bonds. The summed E-state index contributed by atoms with van der Waals surface area (Å²) in [5.74, 6) is 1.03. The molecule has 0 aromatic heterocycles. The Morgan fingerprint density at radius 1 is 1.00 bits per heavy atom. The average Bonchev–Trinajstić information content (AvgIpc) is 2.90. The van der Waals surface area contributed by atoms with E-state index in [0.29, 0.717) is 29.4 Å². The van der Waals surface area contributed by atoms with Gasteiger partial charge in [-0.05, 0) is 54.3 Å². The Labute approximate surface area is 210 Å². The third-order valence-corrected chi connectivity index (χ3v) is 5.77. The van der Waals surface area contributed by atoms with Crippen molar-refractivity contribution in [2.24, 2.45) is 5.73 Å². The van der Waals surface area contributed by atoms with Gasteiger partial charge in [0.1, 0.15) is 34.6 Å². The Morgan fingerprint density at radius 2 is 1.78 bits per heavy atom. The molecule has 2 N–H and O–H groups in total. The molecule has 1 unspecified atom stereocenters. The zero-order valence-corrected chi connectivity index (χ0v) is 20.3. The molecule has 0 saturated heterocycles. The third kappa shape index (κ3) is 5.61. The largest absolute Gasteiger partial charge is 0.494 e. The number of nitrogens with two attached hydrogens (primary N) is 1. The number of carbonyl (C=O) groups is 1. The molecular formula is C29H28N2O5. The maximum absolute atomic E-state index is 12.4. The zero-order valence-electron chi connectivity index (χ0n) is 20.3. The van der Waals surface area contributed by atoms with Gasteiger partial charge in [-0.1, -0.05) is 44.2 Å². The third-order valence-electron chi connectivity index (χ3n) is 5.77. The SMILES string of the molecule is CCCOc1cccc(C2C(C#N)=C(N)Oc3cc(OC(=O)COc4ccc(CC)cc4)ccc32)c1. The standard InChI is InChI=1S/C29H28N2O5/c1-3-14-33-22-7-5-6-20(15-22)28-24-13-12-23(16-26(24)36-29(31)25(28)17-30)35-27(32)18-34-21-10-8-19(4-2)9-11-21/h5-13,15-16,28H,3-4,14,18,31H2,1-2H3. The summed E-state index contributed by atoms with van der Waals surface area (Å²) in [4.78, 5) is 12.4. The van der Waals surface area contributed by atoms with Crippen LogP contribution in [0.5, 0.6) is 23.0 Å². The fraction of sp³-hybridized carbons (Fsp3) is 0.241. The number of aryl methyl sites for hydroxylation is 1. The highest BCUT2D eigenvalue weighted by molar-refractivity contribution is 5.74. The van der Waals surface area contributed by atoms with Gasteiger partial charge in [0.2, 0.25) is 5.88 Å². The van der Waals surface area contributed by atoms with Gasteiger partial charge in [0.05, 0.1) is 12.5 Å². The Balaban J connectivity index is 1.52. The van der Waals surface area contributed by atoms with Crippen molar-refractivity contribution in [1.82, 2.24) is 0 Å². The Hall–Kier alpha value is -4.44. The van der Waals surface area contributed by atoms with Crippen LogP contribution in [0.4, 0.5) is 0 Å². The number of allylic oxidation sites excluding steroid dienone is 1. The van der Waals surface area contributed by atoms with Crippen LogP contribution in [0.2, 0.25) is 0 Å². The molecule has 4 rings (SSSR count). The van der Waals surface area contributed by atoms with Crippen molar-refractivity contribution in [2.45, 2.75) is 32.6 Å². The highest BCUT2D eigenvalue weighted by Crippen LogP contribution is 2.44. The van der Waals surface area contributed by atoms with E-state index in [1.165, 1.54) is 5.56 Å². The molecule has 0 saturated carbocycles. The topological polar surface area (TPSA) is 104 Å². The van der Waals surface area contributed by atoms with Crippen LogP contribution in [0.25, 0.3) is 0 Å². The molecular weight excluding hydrogens is 456 g/mol. The van der Waals surface area contributed by atoms with Crippen molar-refractivity contribution >= 4 is 5.97 Å². The lowest BCUT2D eigenvalue weighted by Gasteiger charge is -2.27. The number of nitrogens with zero attached hydrogens (tertiary/aromatic N) is 1. The van der Waals surface area contributed by atoms with E-state index in [9.17, 15) is 10.1 Å². The van der Waals surface area contributed by atoms with Gasteiger partial charge in [0.15, 0.2) is 6.61 Å². The summed E-state index contributed by atoms with van der Waals surface area (Å²) in [5, 5.41) is 9.80. The molecule has 0 aliphatic carbocycles. The van der Waals surface area contributed by atoms with Crippen LogP contribution in [0, 0.1) is 11.3 Å². The first-order chi connectivity index (χ1) is 17.5. The van der Waals surface area contributed by atoms with Crippen LogP contribution in [0.1, 0.15) is 42.9 Å². The van der Waals surface area contributed by atoms with E-state index in [0.717, 1.165) is 24.0 Å². The van der Waals surface area contributed by atoms with Gasteiger partial charge in [0, 0.05) is 11.6 Å². The molecule has 1 aliphatic heterocycles. The number of nitriles is 1. The fourth-order valence-electron chi connectivity index (χ4n) is 3.97. The fourth-order valence-corrected chi connectivity index (χ4v) is 3.97. The summed E-state index contributed by atoms with van der Waals surface area (Å²) in [6, 6.07) is 22.3. The van der Waals surface area contributed by atoms with Gasteiger partial charge in [-0.15, -0.1) is 0 Å². The number of benzene rings is 3. The van der Waals surface area contributed by atoms with Gasteiger partial charge in [-0.3, -0.25) is 0 Å². The van der Waals surface area contributed by atoms with E-state index in [1.807, 2.05) is 55.5 Å². The zero-order chi connectivity index (χ0) is 25.5. The summed E-state index contributed by atoms with van der Waals surface area (Å²) < 4.78 is 22.5. The van der Waals surface area contributed by atoms with Gasteiger partial charge in [-0.2, -0.15) is 5.26 Å². The molecule has 0 fully saturated rings. The quantitative estimate of drug-likeness (QED) is 0.327. The predicted octanol–water partition coefficient (Wildman–Crippen LogP) is 5.24. The minimum absolute atomic E-state index is 0.0113. The highest BCUT2D eigenvalue weighted by atomic mass is 16.6. The number of fused-ring (bicyclic) bond motifs is 1. The number of rotatable bonds is 9. The van der Waals surface area contributed by atoms with Crippen LogP contribution >= 0.6 is 0 Å². The monoisotopic (exact) mass is 484 g/mol. The van der Waals surface area contributed by atoms with Crippen LogP contribution in [0.3, 0.4) is 0 Å². The summed E-state index contributed by atoms with van der Waals surface area (Å²) >= 11 is 0. The molecule has 184 valence electrons. The Bertz CT molecular complexity index is 1310. The lowest BCUT2D eigenvalue weighted by Crippen LogP contribution is -2.21. The lowest BCUT2D eigenvalue weighted by atomic mass is 9.83. The molecule has 0 spiro atoms. The van der Waals surface area contributed by atoms with Crippen molar-refractivity contribution in [2.75, 3.05) is 13.2 Å². The van der Waals surface area contributed by atoms with Gasteiger partial charge < -0.3 is 24.7 Å². The number of esters is 1. The molecule has 3 aromatic carbocycles. The van der Waals surface area contributed by atoms with E-state index in [2.05, 4.69) is 13.0 Å². The molecule has 1 aliphatic rings. The number of hydrogen-bond acceptors (Lipinski definition) is 7. The van der Waals surface area contributed by atoms with Crippen LogP contribution in [0.15, 0.2) is 78.2 Å². The molecule has 0 radical (unpaired) electrons. The van der Waals surface area contributed by atoms with Gasteiger partial charge in [-0.25, -0.2) is 4.79 Å². The maximum atomic E-state index is 12.4. The molecule has 1 atom stereocenters. The highest BCUT2D eigenvalue weighted by Gasteiger charge is 2.31. The smallest absolute Gasteiger partial charge is 0.349 e. The van der Waals surface area contributed by atoms with Crippen molar-refractivity contribution in [3.05, 3.63) is 94.9 Å². The number of hydrogen-bond donors (Lipinski definition) is 1. The van der Waals surface area contributed by atoms with E-state index < -0.39 is 11.9 Å². The summed E-state index contributed by atoms with van der Waals surface area (Å²) in [6.07, 6.45) is 1.81. The van der Waals surface area contributed by atoms with E-state index in [4.69, 9.17) is 24.7 Å². The van der Waals surface area contributed by atoms with Crippen molar-refractivity contribution in [3.63, 3.8) is 0 Å². The Kier molecular flexibility index (Phi) is 7.76. The van der Waals surface area contributed by atoms with Gasteiger partial charge in [0.25, 0.3) is 0 Å². The van der Waals surface area contributed by atoms with Gasteiger partial charge >= 0.3 is 5.97 Å². The van der Waals surface area contributed by atoms with Crippen molar-refractivity contribution < 1.29 is 23.7 Å². The van der Waals surface area contributed by atoms with Crippen molar-refractivity contribution in [1.29, 1.82) is 5.26 Å². The minimum atomic E-state index is -0.552. The predicted molar refractivity (Wildman–Crippen MR) is 135 cm³/mol. The van der Waals surface area contributed by atoms with E-state index in [1.54, 1.807) is 18.2 Å². The number of carbonyl (C=O) groups excluding carboxylic acids is 1. The van der Waals surface area contributed by atoms with Crippen LogP contribution in [-0.4, -0.2) is 19.2 Å². The van der Waals surface area contributed by atoms with E-state index >= 15 is 0 Å². The minimum Gasteiger partial charge on any atom is -0.494 e. The average molecular weight is 485 g/mol. The second-order valence-electron chi connectivity index (χ2n) is 8.31. The first-order valence-corrected chi connectivity index (χ1v) is 11.9. The van der Waals surface area contributed by atoms with E-state index in [-0.39, 0.29) is 18.2 Å². The normalized spacial score (nSPS) is 14.3. The molecule has 7 nitrogen and oxygen atoms in total. The molecule has 36 heavy (non-hydrogen) atoms. The first-order valence-electron chi connectivity index (χ1n) is 11.9. The molecule has 0 bridgehead atoms. The molecule has 1 heterocycles. The van der Waals surface area contributed by atoms with Crippen LogP contribution < -0.4 is 24.7 Å². The van der Waals surface area contributed by atoms with Crippen molar-refractivity contribution in [3.8, 4) is 29.1 Å². The second kappa shape index (κ2) is 11.3. The molecule has 3 aromatic rings. The van der Waals surface area contributed by atoms with Crippen LogP contribution in [-0.2, 0) is 11.2 Å². The summed E-state index contributed by atoms with van der Waals surface area (Å²) in [6.45, 7) is 4.47. The maximum Gasteiger partial charge on any atom is 0.349 e. The molecule has 7 heteroatoms. The lowest BCUT2D eigenvalue weighted by molar-refractivity contribution is -0.136. The first kappa shape index (κ1) is 24.7. The number of ether oxygens (including phenoxy) is 4. The second-order valence-corrected chi connectivity index (χ2v) is 8.31. The summed E-state index contributed by atoms with van der Waals surface area (Å²) in [5.41, 5.74) is 9.19.